The van der Waals surface area contributed by atoms with Crippen LogP contribution in [0.3, 0.4) is 0 Å². The Morgan fingerprint density at radius 1 is 1.14 bits per heavy atom. The third-order valence-electron chi connectivity index (χ3n) is 3.31. The van der Waals surface area contributed by atoms with E-state index in [1.54, 1.807) is 18.2 Å². The Balaban J connectivity index is 2.21. The minimum absolute atomic E-state index is 0.158. The quantitative estimate of drug-likeness (QED) is 0.741. The van der Waals surface area contributed by atoms with Crippen LogP contribution >= 0.6 is 11.6 Å². The molecule has 2 aromatic rings. The summed E-state index contributed by atoms with van der Waals surface area (Å²) in [5.74, 6) is 1.08. The van der Waals surface area contributed by atoms with Crippen LogP contribution in [-0.2, 0) is 12.5 Å². The molecule has 2 aromatic carbocycles. The highest BCUT2D eigenvalue weighted by molar-refractivity contribution is 6.17. The number of alkyl halides is 1. The molecule has 0 unspecified atom stereocenters. The predicted octanol–water partition coefficient (Wildman–Crippen LogP) is 4.77. The van der Waals surface area contributed by atoms with Gasteiger partial charge in [-0.25, -0.2) is 4.39 Å². The van der Waals surface area contributed by atoms with Crippen molar-refractivity contribution in [2.24, 2.45) is 0 Å². The van der Waals surface area contributed by atoms with Crippen molar-refractivity contribution in [1.29, 1.82) is 0 Å². The fraction of sp³-hybridized carbons (Fsp3) is 0.294. The van der Waals surface area contributed by atoms with Gasteiger partial charge in [0, 0.05) is 11.4 Å². The van der Waals surface area contributed by atoms with E-state index in [1.165, 1.54) is 7.11 Å². The number of rotatable bonds is 5. The molecule has 0 amide bonds. The van der Waals surface area contributed by atoms with Crippen molar-refractivity contribution in [3.63, 3.8) is 0 Å². The molecule has 2 nitrogen and oxygen atoms in total. The average molecular weight is 309 g/mol. The van der Waals surface area contributed by atoms with Gasteiger partial charge in [0.2, 0.25) is 0 Å². The van der Waals surface area contributed by atoms with Crippen molar-refractivity contribution < 1.29 is 13.9 Å². The third kappa shape index (κ3) is 3.48. The second-order valence-electron chi connectivity index (χ2n) is 4.91. The fourth-order valence-corrected chi connectivity index (χ4v) is 2.47. The highest BCUT2D eigenvalue weighted by Crippen LogP contribution is 2.27. The molecular weight excluding hydrogens is 291 g/mol. The number of aryl methyl sites for hydroxylation is 2. The molecule has 0 radical (unpaired) electrons. The Morgan fingerprint density at radius 3 is 2.38 bits per heavy atom. The number of ether oxygens (including phenoxy) is 2. The molecule has 112 valence electrons. The molecular formula is C17H18ClFO2. The molecule has 0 fully saturated rings. The van der Waals surface area contributed by atoms with E-state index in [9.17, 15) is 4.39 Å². The molecule has 0 spiro atoms. The Hall–Kier alpha value is -1.74. The summed E-state index contributed by atoms with van der Waals surface area (Å²) in [5, 5.41) is 0. The molecule has 2 rings (SSSR count). The smallest absolute Gasteiger partial charge is 0.171 e. The predicted molar refractivity (Wildman–Crippen MR) is 82.8 cm³/mol. The molecule has 0 atom stereocenters. The normalized spacial score (nSPS) is 10.5. The summed E-state index contributed by atoms with van der Waals surface area (Å²) in [5.41, 5.74) is 3.50. The number of hydrogen-bond acceptors (Lipinski definition) is 2. The van der Waals surface area contributed by atoms with Crippen molar-refractivity contribution in [2.75, 3.05) is 7.11 Å². The van der Waals surface area contributed by atoms with Crippen LogP contribution in [-0.4, -0.2) is 7.11 Å². The first-order valence-electron chi connectivity index (χ1n) is 6.67. The molecule has 0 bridgehead atoms. The van der Waals surface area contributed by atoms with Crippen molar-refractivity contribution in [2.45, 2.75) is 26.3 Å². The van der Waals surface area contributed by atoms with Crippen molar-refractivity contribution in [3.8, 4) is 11.5 Å². The lowest BCUT2D eigenvalue weighted by molar-refractivity contribution is 0.292. The van der Waals surface area contributed by atoms with Gasteiger partial charge >= 0.3 is 0 Å². The first-order valence-corrected chi connectivity index (χ1v) is 7.20. The van der Waals surface area contributed by atoms with Gasteiger partial charge in [0.05, 0.1) is 7.11 Å². The highest BCUT2D eigenvalue weighted by atomic mass is 35.5. The van der Waals surface area contributed by atoms with Gasteiger partial charge in [-0.1, -0.05) is 24.3 Å². The Kier molecular flexibility index (Phi) is 5.07. The minimum atomic E-state index is -0.382. The standard InChI is InChI=1S/C17H18ClFO2/c1-11-7-13(9-18)8-12(2)17(11)21-10-14-5-4-6-15(20-3)16(14)19/h4-8H,9-10H2,1-3H3. The van der Waals surface area contributed by atoms with E-state index in [4.69, 9.17) is 21.1 Å². The van der Waals surface area contributed by atoms with Gasteiger partial charge in [0.1, 0.15) is 12.4 Å². The van der Waals surface area contributed by atoms with E-state index in [1.807, 2.05) is 26.0 Å². The van der Waals surface area contributed by atoms with Crippen molar-refractivity contribution in [3.05, 3.63) is 58.4 Å². The van der Waals surface area contributed by atoms with E-state index >= 15 is 0 Å². The van der Waals surface area contributed by atoms with Gasteiger partial charge in [-0.2, -0.15) is 0 Å². The molecule has 0 aliphatic heterocycles. The number of halogens is 2. The topological polar surface area (TPSA) is 18.5 Å². The lowest BCUT2D eigenvalue weighted by Crippen LogP contribution is -2.03. The zero-order valence-electron chi connectivity index (χ0n) is 12.4. The van der Waals surface area contributed by atoms with Crippen molar-refractivity contribution in [1.82, 2.24) is 0 Å². The molecule has 0 aliphatic rings. The lowest BCUT2D eigenvalue weighted by atomic mass is 10.1. The maximum absolute atomic E-state index is 14.1. The van der Waals surface area contributed by atoms with Gasteiger partial charge in [0.15, 0.2) is 11.6 Å². The van der Waals surface area contributed by atoms with E-state index in [0.29, 0.717) is 11.4 Å². The summed E-state index contributed by atoms with van der Waals surface area (Å²) in [6.07, 6.45) is 0. The monoisotopic (exact) mass is 308 g/mol. The summed E-state index contributed by atoms with van der Waals surface area (Å²) < 4.78 is 24.8. The van der Waals surface area contributed by atoms with Crippen LogP contribution in [0.25, 0.3) is 0 Å². The van der Waals surface area contributed by atoms with Crippen LogP contribution in [0.2, 0.25) is 0 Å². The summed E-state index contributed by atoms with van der Waals surface area (Å²) in [6.45, 7) is 4.07. The molecule has 0 saturated heterocycles. The van der Waals surface area contributed by atoms with Crippen LogP contribution in [0, 0.1) is 19.7 Å². The SMILES string of the molecule is COc1cccc(COc2c(C)cc(CCl)cc2C)c1F. The number of benzene rings is 2. The molecule has 0 aliphatic carbocycles. The van der Waals surface area contributed by atoms with Crippen LogP contribution in [0.15, 0.2) is 30.3 Å². The maximum Gasteiger partial charge on any atom is 0.171 e. The van der Waals surface area contributed by atoms with Crippen molar-refractivity contribution >= 4 is 11.6 Å². The summed E-state index contributed by atoms with van der Waals surface area (Å²) in [4.78, 5) is 0. The lowest BCUT2D eigenvalue weighted by Gasteiger charge is -2.14. The Labute approximate surface area is 129 Å². The molecule has 0 saturated carbocycles. The fourth-order valence-electron chi connectivity index (χ4n) is 2.32. The first-order chi connectivity index (χ1) is 10.1. The zero-order chi connectivity index (χ0) is 15.4. The zero-order valence-corrected chi connectivity index (χ0v) is 13.1. The van der Waals surface area contributed by atoms with E-state index in [2.05, 4.69) is 0 Å². The molecule has 0 aromatic heterocycles. The molecule has 21 heavy (non-hydrogen) atoms. The van der Waals surface area contributed by atoms with Crippen LogP contribution in [0.1, 0.15) is 22.3 Å². The third-order valence-corrected chi connectivity index (χ3v) is 3.62. The number of methoxy groups -OCH3 is 1. The van der Waals surface area contributed by atoms with E-state index in [0.717, 1.165) is 22.4 Å². The highest BCUT2D eigenvalue weighted by Gasteiger charge is 2.11. The maximum atomic E-state index is 14.1. The number of hydrogen-bond donors (Lipinski definition) is 0. The van der Waals surface area contributed by atoms with Gasteiger partial charge in [0.25, 0.3) is 0 Å². The minimum Gasteiger partial charge on any atom is -0.494 e. The summed E-state index contributed by atoms with van der Waals surface area (Å²) in [6, 6.07) is 8.99. The molecule has 0 heterocycles. The second kappa shape index (κ2) is 6.81. The van der Waals surface area contributed by atoms with Gasteiger partial charge in [-0.3, -0.25) is 0 Å². The Bertz CT molecular complexity index is 618. The largest absolute Gasteiger partial charge is 0.494 e. The van der Waals surface area contributed by atoms with E-state index in [-0.39, 0.29) is 18.2 Å². The first kappa shape index (κ1) is 15.6. The van der Waals surface area contributed by atoms with Crippen LogP contribution in [0.4, 0.5) is 4.39 Å². The Morgan fingerprint density at radius 2 is 1.81 bits per heavy atom. The summed E-state index contributed by atoms with van der Waals surface area (Å²) in [7, 11) is 1.45. The average Bonchev–Trinajstić information content (AvgIpc) is 2.47. The summed E-state index contributed by atoms with van der Waals surface area (Å²) >= 11 is 5.85. The van der Waals surface area contributed by atoms with Gasteiger partial charge in [-0.05, 0) is 36.6 Å². The second-order valence-corrected chi connectivity index (χ2v) is 5.18. The van der Waals surface area contributed by atoms with Crippen LogP contribution in [0.5, 0.6) is 11.5 Å². The molecule has 0 N–H and O–H groups in total. The van der Waals surface area contributed by atoms with Gasteiger partial charge < -0.3 is 9.47 Å². The van der Waals surface area contributed by atoms with Crippen LogP contribution < -0.4 is 9.47 Å². The molecule has 4 heteroatoms. The van der Waals surface area contributed by atoms with E-state index < -0.39 is 0 Å². The van der Waals surface area contributed by atoms with Gasteiger partial charge in [-0.15, -0.1) is 11.6 Å².